The molecule has 0 aliphatic heterocycles. The molecule has 1 rings (SSSR count). The lowest BCUT2D eigenvalue weighted by atomic mass is 10.1. The van der Waals surface area contributed by atoms with Crippen LogP contribution in [0.2, 0.25) is 0 Å². The van der Waals surface area contributed by atoms with Crippen LogP contribution < -0.4 is 10.6 Å². The van der Waals surface area contributed by atoms with Gasteiger partial charge in [-0.1, -0.05) is 12.1 Å². The number of rotatable bonds is 3. The first-order valence-corrected chi connectivity index (χ1v) is 5.75. The highest BCUT2D eigenvalue weighted by Crippen LogP contribution is 2.08. The average molecular weight is 237 g/mol. The maximum atomic E-state index is 13.1. The molecular weight excluding hydrogens is 217 g/mol. The third-order valence-electron chi connectivity index (χ3n) is 2.33. The minimum absolute atomic E-state index is 0.168. The second kappa shape index (κ2) is 6.23. The molecule has 0 atom stereocenters. The van der Waals surface area contributed by atoms with Gasteiger partial charge < -0.3 is 10.6 Å². The van der Waals surface area contributed by atoms with E-state index in [1.54, 1.807) is 20.0 Å². The molecule has 0 spiro atoms. The molecule has 17 heavy (non-hydrogen) atoms. The molecule has 0 saturated carbocycles. The molecule has 0 bridgehead atoms. The standard InChI is InChI=1S/C13H20FN3/c1-9(2)17-13(15-4)16-8-11-5-6-12(14)10(3)7-11/h5-7,9H,8H2,1-4H3,(H2,15,16,17). The predicted molar refractivity (Wildman–Crippen MR) is 69.6 cm³/mol. The van der Waals surface area contributed by atoms with Gasteiger partial charge in [0.15, 0.2) is 5.96 Å². The van der Waals surface area contributed by atoms with Gasteiger partial charge in [-0.25, -0.2) is 4.39 Å². The van der Waals surface area contributed by atoms with Crippen LogP contribution in [0, 0.1) is 12.7 Å². The Labute approximate surface area is 102 Å². The molecule has 1 aromatic carbocycles. The smallest absolute Gasteiger partial charge is 0.191 e. The maximum Gasteiger partial charge on any atom is 0.191 e. The number of nitrogens with zero attached hydrogens (tertiary/aromatic N) is 1. The SMILES string of the molecule is CN=C(NCc1ccc(F)c(C)c1)NC(C)C. The highest BCUT2D eigenvalue weighted by molar-refractivity contribution is 5.79. The molecule has 0 aliphatic carbocycles. The summed E-state index contributed by atoms with van der Waals surface area (Å²) >= 11 is 0. The van der Waals surface area contributed by atoms with E-state index in [0.717, 1.165) is 11.5 Å². The molecule has 0 radical (unpaired) electrons. The minimum atomic E-state index is -0.168. The summed E-state index contributed by atoms with van der Waals surface area (Å²) in [7, 11) is 1.73. The second-order valence-electron chi connectivity index (χ2n) is 4.31. The number of hydrogen-bond donors (Lipinski definition) is 2. The highest BCUT2D eigenvalue weighted by Gasteiger charge is 2.02. The Morgan fingerprint density at radius 2 is 2.12 bits per heavy atom. The number of aryl methyl sites for hydroxylation is 1. The molecule has 0 heterocycles. The quantitative estimate of drug-likeness (QED) is 0.624. The van der Waals surface area contributed by atoms with Gasteiger partial charge in [0.25, 0.3) is 0 Å². The van der Waals surface area contributed by atoms with E-state index in [1.165, 1.54) is 6.07 Å². The van der Waals surface area contributed by atoms with E-state index in [-0.39, 0.29) is 5.82 Å². The number of benzene rings is 1. The molecule has 0 fully saturated rings. The Morgan fingerprint density at radius 3 is 2.65 bits per heavy atom. The Morgan fingerprint density at radius 1 is 1.41 bits per heavy atom. The monoisotopic (exact) mass is 237 g/mol. The van der Waals surface area contributed by atoms with Crippen molar-refractivity contribution in [1.82, 2.24) is 10.6 Å². The van der Waals surface area contributed by atoms with Crippen LogP contribution in [-0.2, 0) is 6.54 Å². The van der Waals surface area contributed by atoms with Gasteiger partial charge >= 0.3 is 0 Å². The molecule has 1 aromatic rings. The molecule has 0 aromatic heterocycles. The van der Waals surface area contributed by atoms with E-state index in [4.69, 9.17) is 0 Å². The lowest BCUT2D eigenvalue weighted by Gasteiger charge is -2.14. The van der Waals surface area contributed by atoms with E-state index >= 15 is 0 Å². The van der Waals surface area contributed by atoms with E-state index < -0.39 is 0 Å². The fourth-order valence-corrected chi connectivity index (χ4v) is 1.47. The second-order valence-corrected chi connectivity index (χ2v) is 4.31. The Bertz CT molecular complexity index is 400. The third-order valence-corrected chi connectivity index (χ3v) is 2.33. The molecule has 2 N–H and O–H groups in total. The van der Waals surface area contributed by atoms with Gasteiger partial charge in [0, 0.05) is 19.6 Å². The summed E-state index contributed by atoms with van der Waals surface area (Å²) in [5, 5.41) is 6.37. The van der Waals surface area contributed by atoms with Gasteiger partial charge in [0.1, 0.15) is 5.82 Å². The first-order chi connectivity index (χ1) is 8.02. The van der Waals surface area contributed by atoms with E-state index in [2.05, 4.69) is 29.5 Å². The zero-order chi connectivity index (χ0) is 12.8. The summed E-state index contributed by atoms with van der Waals surface area (Å²) in [5.74, 6) is 0.584. The molecule has 3 nitrogen and oxygen atoms in total. The topological polar surface area (TPSA) is 36.4 Å². The van der Waals surface area contributed by atoms with Gasteiger partial charge in [0.05, 0.1) is 0 Å². The number of halogens is 1. The van der Waals surface area contributed by atoms with Gasteiger partial charge in [-0.05, 0) is 38.0 Å². The summed E-state index contributed by atoms with van der Waals surface area (Å²) in [6, 6.07) is 5.43. The Hall–Kier alpha value is -1.58. The van der Waals surface area contributed by atoms with Crippen LogP contribution in [0.25, 0.3) is 0 Å². The van der Waals surface area contributed by atoms with Gasteiger partial charge in [-0.3, -0.25) is 4.99 Å². The van der Waals surface area contributed by atoms with Crippen LogP contribution in [0.4, 0.5) is 4.39 Å². The van der Waals surface area contributed by atoms with E-state index in [9.17, 15) is 4.39 Å². The summed E-state index contributed by atoms with van der Waals surface area (Å²) in [4.78, 5) is 4.10. The Kier molecular flexibility index (Phi) is 4.94. The summed E-state index contributed by atoms with van der Waals surface area (Å²) in [5.41, 5.74) is 1.70. The van der Waals surface area contributed by atoms with Crippen molar-refractivity contribution in [3.8, 4) is 0 Å². The van der Waals surface area contributed by atoms with Crippen LogP contribution in [-0.4, -0.2) is 19.0 Å². The lowest BCUT2D eigenvalue weighted by molar-refractivity contribution is 0.617. The van der Waals surface area contributed by atoms with Crippen LogP contribution in [0.5, 0.6) is 0 Å². The van der Waals surface area contributed by atoms with Crippen molar-refractivity contribution < 1.29 is 4.39 Å². The van der Waals surface area contributed by atoms with Crippen molar-refractivity contribution in [2.45, 2.75) is 33.4 Å². The van der Waals surface area contributed by atoms with Crippen molar-refractivity contribution in [3.63, 3.8) is 0 Å². The van der Waals surface area contributed by atoms with Crippen LogP contribution in [0.15, 0.2) is 23.2 Å². The van der Waals surface area contributed by atoms with E-state index in [0.29, 0.717) is 18.2 Å². The zero-order valence-corrected chi connectivity index (χ0v) is 10.8. The summed E-state index contributed by atoms with van der Waals surface area (Å²) in [6.07, 6.45) is 0. The first kappa shape index (κ1) is 13.5. The van der Waals surface area contributed by atoms with Gasteiger partial charge in [0.2, 0.25) is 0 Å². The van der Waals surface area contributed by atoms with Crippen LogP contribution in [0.1, 0.15) is 25.0 Å². The van der Waals surface area contributed by atoms with Crippen LogP contribution >= 0.6 is 0 Å². The largest absolute Gasteiger partial charge is 0.354 e. The average Bonchev–Trinajstić information content (AvgIpc) is 2.28. The molecule has 0 saturated heterocycles. The van der Waals surface area contributed by atoms with E-state index in [1.807, 2.05) is 6.07 Å². The van der Waals surface area contributed by atoms with Crippen molar-refractivity contribution >= 4 is 5.96 Å². The van der Waals surface area contributed by atoms with Crippen molar-refractivity contribution in [1.29, 1.82) is 0 Å². The lowest BCUT2D eigenvalue weighted by Crippen LogP contribution is -2.40. The highest BCUT2D eigenvalue weighted by atomic mass is 19.1. The zero-order valence-electron chi connectivity index (χ0n) is 10.8. The van der Waals surface area contributed by atoms with Crippen molar-refractivity contribution in [3.05, 3.63) is 35.1 Å². The predicted octanol–water partition coefficient (Wildman–Crippen LogP) is 2.21. The van der Waals surface area contributed by atoms with Gasteiger partial charge in [-0.2, -0.15) is 0 Å². The molecule has 4 heteroatoms. The number of guanidine groups is 1. The Balaban J connectivity index is 2.57. The van der Waals surface area contributed by atoms with Crippen molar-refractivity contribution in [2.24, 2.45) is 4.99 Å². The van der Waals surface area contributed by atoms with Crippen molar-refractivity contribution in [2.75, 3.05) is 7.05 Å². The number of aliphatic imine (C=N–C) groups is 1. The molecule has 0 aliphatic rings. The minimum Gasteiger partial charge on any atom is -0.354 e. The third kappa shape index (κ3) is 4.43. The molecule has 0 amide bonds. The first-order valence-electron chi connectivity index (χ1n) is 5.75. The molecule has 0 unspecified atom stereocenters. The maximum absolute atomic E-state index is 13.1. The normalized spacial score (nSPS) is 11.8. The number of hydrogen-bond acceptors (Lipinski definition) is 1. The van der Waals surface area contributed by atoms with Crippen LogP contribution in [0.3, 0.4) is 0 Å². The fraction of sp³-hybridized carbons (Fsp3) is 0.462. The van der Waals surface area contributed by atoms with Gasteiger partial charge in [-0.15, -0.1) is 0 Å². The summed E-state index contributed by atoms with van der Waals surface area (Å²) < 4.78 is 13.1. The molecular formula is C13H20FN3. The summed E-state index contributed by atoms with van der Waals surface area (Å²) in [6.45, 7) is 6.50. The number of nitrogens with one attached hydrogen (secondary N) is 2. The fourth-order valence-electron chi connectivity index (χ4n) is 1.47. The molecule has 94 valence electrons.